The van der Waals surface area contributed by atoms with E-state index in [-0.39, 0.29) is 46.6 Å². The topological polar surface area (TPSA) is 66.8 Å². The minimum absolute atomic E-state index is 0.0195. The number of halogens is 2. The van der Waals surface area contributed by atoms with E-state index in [1.807, 2.05) is 0 Å². The predicted molar refractivity (Wildman–Crippen MR) is 147 cm³/mol. The van der Waals surface area contributed by atoms with Crippen molar-refractivity contribution in [1.82, 2.24) is 0 Å². The molecule has 10 atom stereocenters. The molecule has 4 aliphatic carbocycles. The van der Waals surface area contributed by atoms with Gasteiger partial charge in [-0.15, -0.1) is 0 Å². The van der Waals surface area contributed by atoms with E-state index in [0.29, 0.717) is 30.2 Å². The first-order valence-electron chi connectivity index (χ1n) is 15.1. The average Bonchev–Trinajstić information content (AvgIpc) is 3.24. The molecule has 4 aliphatic rings. The van der Waals surface area contributed by atoms with Crippen molar-refractivity contribution < 1.29 is 28.5 Å². The SMILES string of the molecule is CC(=O)OC(CCC[C@@H](C)[C@H]1CC[C@H]2C3=C(F)C[C@H]4[C@@H](O)[C@@H](O)CC[C@]4(C)[C@H]3CC[C@]12C)c1ccccc1F. The number of aliphatic hydroxyl groups excluding tert-OH is 2. The molecule has 3 fully saturated rings. The van der Waals surface area contributed by atoms with E-state index in [9.17, 15) is 19.4 Å². The molecule has 1 aromatic carbocycles. The number of ether oxygens (including phenoxy) is 1. The second-order valence-electron chi connectivity index (χ2n) is 13.6. The van der Waals surface area contributed by atoms with Crippen LogP contribution >= 0.6 is 0 Å². The minimum atomic E-state index is -0.846. The third-order valence-electron chi connectivity index (χ3n) is 11.6. The molecule has 0 spiro atoms. The Balaban J connectivity index is 1.28. The van der Waals surface area contributed by atoms with Gasteiger partial charge in [0.2, 0.25) is 0 Å². The van der Waals surface area contributed by atoms with Crippen LogP contribution in [0.3, 0.4) is 0 Å². The summed E-state index contributed by atoms with van der Waals surface area (Å²) in [5.74, 6) is 0.305. The van der Waals surface area contributed by atoms with E-state index in [4.69, 9.17) is 4.74 Å². The zero-order valence-electron chi connectivity index (χ0n) is 24.0. The van der Waals surface area contributed by atoms with E-state index >= 15 is 4.39 Å². The molecule has 216 valence electrons. The summed E-state index contributed by atoms with van der Waals surface area (Å²) in [6.07, 6.45) is 5.93. The van der Waals surface area contributed by atoms with Gasteiger partial charge in [-0.3, -0.25) is 4.79 Å². The standard InChI is InChI=1S/C33H46F2O4/c1-19(8-7-11-29(39-20(2)36)21-9-5-6-10-26(21)34)22-12-13-23-30-24(14-16-32(22,23)3)33(4)17-15-28(37)31(38)25(33)18-27(30)35/h5-6,9-10,19,22-25,28-29,31,37-38H,7-8,11-18H2,1-4H3/t19-,22-,23+,24+,25+,28+,29?,31-,32-,33-/m1/s1. The summed E-state index contributed by atoms with van der Waals surface area (Å²) in [4.78, 5) is 11.7. The Kier molecular flexibility index (Phi) is 8.02. The second kappa shape index (κ2) is 10.9. The highest BCUT2D eigenvalue weighted by Gasteiger charge is 2.61. The fourth-order valence-electron chi connectivity index (χ4n) is 9.60. The third kappa shape index (κ3) is 4.98. The number of rotatable bonds is 7. The van der Waals surface area contributed by atoms with Crippen molar-refractivity contribution in [2.45, 2.75) is 110 Å². The molecule has 0 amide bonds. The van der Waals surface area contributed by atoms with Gasteiger partial charge in [-0.25, -0.2) is 8.78 Å². The molecule has 1 unspecified atom stereocenters. The van der Waals surface area contributed by atoms with Gasteiger partial charge < -0.3 is 14.9 Å². The molecule has 2 N–H and O–H groups in total. The molecule has 4 nitrogen and oxygen atoms in total. The summed E-state index contributed by atoms with van der Waals surface area (Å²) in [6.45, 7) is 8.27. The molecular formula is C33H46F2O4. The van der Waals surface area contributed by atoms with Crippen molar-refractivity contribution in [3.8, 4) is 0 Å². The Morgan fingerprint density at radius 3 is 2.44 bits per heavy atom. The van der Waals surface area contributed by atoms with Gasteiger partial charge in [0, 0.05) is 18.9 Å². The number of fused-ring (bicyclic) bond motifs is 5. The van der Waals surface area contributed by atoms with Gasteiger partial charge in [-0.2, -0.15) is 0 Å². The van der Waals surface area contributed by atoms with Crippen molar-refractivity contribution in [2.24, 2.45) is 40.4 Å². The first kappa shape index (κ1) is 28.7. The lowest BCUT2D eigenvalue weighted by atomic mass is 9.47. The number of allylic oxidation sites excluding steroid dienone is 2. The number of carbonyl (C=O) groups excluding carboxylic acids is 1. The lowest BCUT2D eigenvalue weighted by molar-refractivity contribution is -0.147. The Morgan fingerprint density at radius 1 is 1.03 bits per heavy atom. The van der Waals surface area contributed by atoms with Crippen molar-refractivity contribution >= 4 is 5.97 Å². The zero-order chi connectivity index (χ0) is 28.1. The number of benzene rings is 1. The van der Waals surface area contributed by atoms with E-state index in [0.717, 1.165) is 50.5 Å². The summed E-state index contributed by atoms with van der Waals surface area (Å²) in [7, 11) is 0. The van der Waals surface area contributed by atoms with Gasteiger partial charge >= 0.3 is 5.97 Å². The van der Waals surface area contributed by atoms with E-state index in [1.54, 1.807) is 18.2 Å². The molecule has 1 aromatic rings. The van der Waals surface area contributed by atoms with Crippen LogP contribution in [0.2, 0.25) is 0 Å². The van der Waals surface area contributed by atoms with Crippen LogP contribution in [-0.2, 0) is 9.53 Å². The molecular weight excluding hydrogens is 498 g/mol. The number of aliphatic hydroxyl groups is 2. The smallest absolute Gasteiger partial charge is 0.303 e. The first-order chi connectivity index (χ1) is 18.5. The predicted octanol–water partition coefficient (Wildman–Crippen LogP) is 7.44. The third-order valence-corrected chi connectivity index (χ3v) is 11.6. The summed E-state index contributed by atoms with van der Waals surface area (Å²) >= 11 is 0. The number of carbonyl (C=O) groups is 1. The second-order valence-corrected chi connectivity index (χ2v) is 13.6. The molecule has 0 aliphatic heterocycles. The van der Waals surface area contributed by atoms with Crippen LogP contribution in [0, 0.1) is 46.2 Å². The van der Waals surface area contributed by atoms with Crippen LogP contribution in [0.25, 0.3) is 0 Å². The van der Waals surface area contributed by atoms with Gasteiger partial charge in [-0.1, -0.05) is 45.4 Å². The maximum absolute atomic E-state index is 15.9. The molecule has 0 aromatic heterocycles. The molecule has 0 saturated heterocycles. The van der Waals surface area contributed by atoms with Crippen LogP contribution in [0.15, 0.2) is 35.7 Å². The number of hydrogen-bond acceptors (Lipinski definition) is 4. The van der Waals surface area contributed by atoms with E-state index in [1.165, 1.54) is 13.0 Å². The summed E-state index contributed by atoms with van der Waals surface area (Å²) in [5.41, 5.74) is 1.35. The van der Waals surface area contributed by atoms with Crippen molar-refractivity contribution in [3.05, 3.63) is 47.0 Å². The molecule has 0 heterocycles. The van der Waals surface area contributed by atoms with Crippen LogP contribution < -0.4 is 0 Å². The normalized spacial score (nSPS) is 39.4. The Hall–Kier alpha value is -1.79. The van der Waals surface area contributed by atoms with Crippen molar-refractivity contribution in [2.75, 3.05) is 0 Å². The van der Waals surface area contributed by atoms with E-state index < -0.39 is 24.3 Å². The molecule has 0 bridgehead atoms. The largest absolute Gasteiger partial charge is 0.458 e. The van der Waals surface area contributed by atoms with Crippen molar-refractivity contribution in [1.29, 1.82) is 0 Å². The van der Waals surface area contributed by atoms with Crippen LogP contribution in [0.1, 0.15) is 104 Å². The molecule has 6 heteroatoms. The lowest BCUT2D eigenvalue weighted by Gasteiger charge is -2.59. The maximum atomic E-state index is 15.9. The van der Waals surface area contributed by atoms with Gasteiger partial charge in [0.05, 0.1) is 12.2 Å². The summed E-state index contributed by atoms with van der Waals surface area (Å²) < 4.78 is 35.9. The maximum Gasteiger partial charge on any atom is 0.303 e. The van der Waals surface area contributed by atoms with Gasteiger partial charge in [0.15, 0.2) is 0 Å². The van der Waals surface area contributed by atoms with Crippen molar-refractivity contribution in [3.63, 3.8) is 0 Å². The van der Waals surface area contributed by atoms with Crippen LogP contribution in [0.4, 0.5) is 8.78 Å². The summed E-state index contributed by atoms with van der Waals surface area (Å²) in [6, 6.07) is 6.51. The Morgan fingerprint density at radius 2 is 1.72 bits per heavy atom. The monoisotopic (exact) mass is 544 g/mol. The minimum Gasteiger partial charge on any atom is -0.458 e. The van der Waals surface area contributed by atoms with Gasteiger partial charge in [-0.05, 0) is 103 Å². The molecule has 39 heavy (non-hydrogen) atoms. The van der Waals surface area contributed by atoms with Crippen LogP contribution in [0.5, 0.6) is 0 Å². The fraction of sp³-hybridized carbons (Fsp3) is 0.727. The van der Waals surface area contributed by atoms with Gasteiger partial charge in [0.25, 0.3) is 0 Å². The zero-order valence-corrected chi connectivity index (χ0v) is 24.0. The van der Waals surface area contributed by atoms with Crippen LogP contribution in [-0.4, -0.2) is 28.4 Å². The fourth-order valence-corrected chi connectivity index (χ4v) is 9.60. The highest BCUT2D eigenvalue weighted by atomic mass is 19.1. The van der Waals surface area contributed by atoms with Gasteiger partial charge in [0.1, 0.15) is 17.7 Å². The number of hydrogen-bond donors (Lipinski definition) is 2. The highest BCUT2D eigenvalue weighted by Crippen LogP contribution is 2.68. The molecule has 3 saturated carbocycles. The summed E-state index contributed by atoms with van der Waals surface area (Å²) in [5, 5.41) is 21.1. The number of esters is 1. The highest BCUT2D eigenvalue weighted by molar-refractivity contribution is 5.66. The molecule has 0 radical (unpaired) electrons. The Labute approximate surface area is 232 Å². The average molecular weight is 545 g/mol. The van der Waals surface area contributed by atoms with E-state index in [2.05, 4.69) is 20.8 Å². The molecule has 5 rings (SSSR count). The quantitative estimate of drug-likeness (QED) is 0.350. The lowest BCUT2D eigenvalue weighted by Crippen LogP contribution is -2.55. The Bertz CT molecular complexity index is 1100. The first-order valence-corrected chi connectivity index (χ1v) is 15.1.